The molecule has 3 amide bonds. The van der Waals surface area contributed by atoms with Gasteiger partial charge in [0.1, 0.15) is 0 Å². The van der Waals surface area contributed by atoms with Crippen molar-refractivity contribution in [2.75, 3.05) is 33.8 Å². The van der Waals surface area contributed by atoms with Crippen molar-refractivity contribution in [2.45, 2.75) is 38.6 Å². The fourth-order valence-electron chi connectivity index (χ4n) is 2.29. The van der Waals surface area contributed by atoms with Crippen molar-refractivity contribution in [3.05, 3.63) is 0 Å². The van der Waals surface area contributed by atoms with Gasteiger partial charge in [0.15, 0.2) is 0 Å². The first-order chi connectivity index (χ1) is 9.33. The maximum atomic E-state index is 12.3. The predicted molar refractivity (Wildman–Crippen MR) is 77.3 cm³/mol. The Kier molecular flexibility index (Phi) is 5.80. The number of amides is 3. The predicted octanol–water partition coefficient (Wildman–Crippen LogP) is 0.657. The lowest BCUT2D eigenvalue weighted by atomic mass is 9.94. The first-order valence-corrected chi connectivity index (χ1v) is 7.22. The van der Waals surface area contributed by atoms with Gasteiger partial charge >= 0.3 is 6.03 Å². The van der Waals surface area contributed by atoms with Gasteiger partial charge in [-0.2, -0.15) is 0 Å². The van der Waals surface area contributed by atoms with Crippen molar-refractivity contribution < 1.29 is 14.7 Å². The fourth-order valence-corrected chi connectivity index (χ4v) is 2.29. The Labute approximate surface area is 121 Å². The summed E-state index contributed by atoms with van der Waals surface area (Å²) in [6, 6.07) is -0.0529. The van der Waals surface area contributed by atoms with Crippen LogP contribution in [0.5, 0.6) is 0 Å². The highest BCUT2D eigenvalue weighted by Crippen LogP contribution is 2.19. The lowest BCUT2D eigenvalue weighted by molar-refractivity contribution is -0.128. The molecule has 0 bridgehead atoms. The Balaban J connectivity index is 2.63. The van der Waals surface area contributed by atoms with Crippen LogP contribution in [-0.2, 0) is 4.79 Å². The molecule has 20 heavy (non-hydrogen) atoms. The lowest BCUT2D eigenvalue weighted by Crippen LogP contribution is -2.54. The molecule has 1 heterocycles. The van der Waals surface area contributed by atoms with Crippen molar-refractivity contribution in [3.63, 3.8) is 0 Å². The third kappa shape index (κ3) is 4.10. The van der Waals surface area contributed by atoms with Gasteiger partial charge in [-0.1, -0.05) is 6.92 Å². The van der Waals surface area contributed by atoms with Crippen molar-refractivity contribution in [1.82, 2.24) is 15.1 Å². The minimum Gasteiger partial charge on any atom is -0.394 e. The second-order valence-corrected chi connectivity index (χ2v) is 6.02. The van der Waals surface area contributed by atoms with E-state index in [9.17, 15) is 14.7 Å². The van der Waals surface area contributed by atoms with Crippen LogP contribution in [0.2, 0.25) is 0 Å². The zero-order chi connectivity index (χ0) is 15.3. The van der Waals surface area contributed by atoms with Gasteiger partial charge in [0, 0.05) is 27.2 Å². The molecular formula is C14H27N3O3. The summed E-state index contributed by atoms with van der Waals surface area (Å²) in [5.41, 5.74) is -0.578. The molecule has 0 aromatic heterocycles. The van der Waals surface area contributed by atoms with Gasteiger partial charge in [0.25, 0.3) is 0 Å². The van der Waals surface area contributed by atoms with Crippen molar-refractivity contribution in [3.8, 4) is 0 Å². The standard InChI is InChI=1S/C14H27N3O3/c1-5-14(2,10-18)15-12(19)11-7-6-8-17(9-11)13(20)16(3)4/h11,18H,5-10H2,1-4H3,(H,15,19). The molecule has 0 saturated carbocycles. The van der Waals surface area contributed by atoms with E-state index in [1.807, 2.05) is 13.8 Å². The SMILES string of the molecule is CCC(C)(CO)NC(=O)C1CCCN(C(=O)N(C)C)C1. The molecule has 1 fully saturated rings. The van der Waals surface area contributed by atoms with Crippen LogP contribution in [0.25, 0.3) is 0 Å². The van der Waals surface area contributed by atoms with Crippen LogP contribution in [0.3, 0.4) is 0 Å². The summed E-state index contributed by atoms with van der Waals surface area (Å²) in [7, 11) is 3.43. The minimum atomic E-state index is -0.578. The van der Waals surface area contributed by atoms with E-state index in [-0.39, 0.29) is 24.5 Å². The summed E-state index contributed by atoms with van der Waals surface area (Å²) in [4.78, 5) is 27.5. The Morgan fingerprint density at radius 1 is 1.45 bits per heavy atom. The smallest absolute Gasteiger partial charge is 0.319 e. The lowest BCUT2D eigenvalue weighted by Gasteiger charge is -2.36. The van der Waals surface area contributed by atoms with Gasteiger partial charge in [0.2, 0.25) is 5.91 Å². The van der Waals surface area contributed by atoms with Crippen LogP contribution in [0.1, 0.15) is 33.1 Å². The highest BCUT2D eigenvalue weighted by Gasteiger charge is 2.32. The molecule has 2 unspecified atom stereocenters. The van der Waals surface area contributed by atoms with Crippen molar-refractivity contribution >= 4 is 11.9 Å². The molecule has 0 spiro atoms. The summed E-state index contributed by atoms with van der Waals surface area (Å²) in [6.45, 7) is 4.83. The number of rotatable bonds is 4. The molecule has 2 N–H and O–H groups in total. The normalized spacial score (nSPS) is 22.1. The van der Waals surface area contributed by atoms with Crippen molar-refractivity contribution in [2.24, 2.45) is 5.92 Å². The van der Waals surface area contributed by atoms with E-state index in [4.69, 9.17) is 0 Å². The number of piperidine rings is 1. The molecule has 1 aliphatic heterocycles. The average molecular weight is 285 g/mol. The third-order valence-electron chi connectivity index (χ3n) is 4.00. The van der Waals surface area contributed by atoms with Gasteiger partial charge in [0.05, 0.1) is 18.1 Å². The van der Waals surface area contributed by atoms with Crippen LogP contribution in [0.15, 0.2) is 0 Å². The number of hydrogen-bond donors (Lipinski definition) is 2. The molecule has 1 aliphatic rings. The minimum absolute atomic E-state index is 0.0529. The number of nitrogens with zero attached hydrogens (tertiary/aromatic N) is 2. The first kappa shape index (κ1) is 16.8. The molecule has 0 aromatic carbocycles. The Bertz CT molecular complexity index is 354. The topological polar surface area (TPSA) is 72.9 Å². The molecular weight excluding hydrogens is 258 g/mol. The zero-order valence-electron chi connectivity index (χ0n) is 13.0. The summed E-state index contributed by atoms with van der Waals surface area (Å²) in [6.07, 6.45) is 2.29. The molecule has 0 aliphatic carbocycles. The highest BCUT2D eigenvalue weighted by atomic mass is 16.3. The number of urea groups is 1. The summed E-state index contributed by atoms with van der Waals surface area (Å²) < 4.78 is 0. The van der Waals surface area contributed by atoms with E-state index in [2.05, 4.69) is 5.32 Å². The first-order valence-electron chi connectivity index (χ1n) is 7.22. The van der Waals surface area contributed by atoms with Gasteiger partial charge in [-0.3, -0.25) is 4.79 Å². The molecule has 1 saturated heterocycles. The van der Waals surface area contributed by atoms with Gasteiger partial charge < -0.3 is 20.2 Å². The Morgan fingerprint density at radius 3 is 2.60 bits per heavy atom. The maximum absolute atomic E-state index is 12.3. The summed E-state index contributed by atoms with van der Waals surface area (Å²) >= 11 is 0. The molecule has 0 aromatic rings. The van der Waals surface area contributed by atoms with Crippen LogP contribution < -0.4 is 5.32 Å². The fraction of sp³-hybridized carbons (Fsp3) is 0.857. The molecule has 2 atom stereocenters. The number of carbonyl (C=O) groups excluding carboxylic acids is 2. The molecule has 0 radical (unpaired) electrons. The van der Waals surface area contributed by atoms with Gasteiger partial charge in [-0.25, -0.2) is 4.79 Å². The summed E-state index contributed by atoms with van der Waals surface area (Å²) in [5.74, 6) is -0.260. The van der Waals surface area contributed by atoms with E-state index in [1.54, 1.807) is 19.0 Å². The molecule has 116 valence electrons. The van der Waals surface area contributed by atoms with Crippen molar-refractivity contribution in [1.29, 1.82) is 0 Å². The number of likely N-dealkylation sites (tertiary alicyclic amines) is 1. The second kappa shape index (κ2) is 6.92. The molecule has 6 nitrogen and oxygen atoms in total. The third-order valence-corrected chi connectivity index (χ3v) is 4.00. The van der Waals surface area contributed by atoms with Gasteiger partial charge in [-0.05, 0) is 26.2 Å². The molecule has 1 rings (SSSR count). The van der Waals surface area contributed by atoms with Crippen LogP contribution in [-0.4, -0.2) is 66.2 Å². The highest BCUT2D eigenvalue weighted by molar-refractivity contribution is 5.81. The number of aliphatic hydroxyl groups excluding tert-OH is 1. The number of nitrogens with one attached hydrogen (secondary N) is 1. The second-order valence-electron chi connectivity index (χ2n) is 6.02. The number of hydrogen-bond acceptors (Lipinski definition) is 3. The summed E-state index contributed by atoms with van der Waals surface area (Å²) in [5, 5.41) is 12.3. The van der Waals surface area contributed by atoms with E-state index in [1.165, 1.54) is 4.90 Å². The Hall–Kier alpha value is -1.30. The van der Waals surface area contributed by atoms with Crippen LogP contribution in [0.4, 0.5) is 4.79 Å². The quantitative estimate of drug-likeness (QED) is 0.797. The largest absolute Gasteiger partial charge is 0.394 e. The van der Waals surface area contributed by atoms with Crippen LogP contribution in [0, 0.1) is 5.92 Å². The van der Waals surface area contributed by atoms with E-state index < -0.39 is 5.54 Å². The monoisotopic (exact) mass is 285 g/mol. The maximum Gasteiger partial charge on any atom is 0.319 e. The molecule has 6 heteroatoms. The van der Waals surface area contributed by atoms with E-state index in [0.29, 0.717) is 19.5 Å². The van der Waals surface area contributed by atoms with Crippen LogP contribution >= 0.6 is 0 Å². The Morgan fingerprint density at radius 2 is 2.10 bits per heavy atom. The van der Waals surface area contributed by atoms with E-state index >= 15 is 0 Å². The number of aliphatic hydroxyl groups is 1. The zero-order valence-corrected chi connectivity index (χ0v) is 13.0. The van der Waals surface area contributed by atoms with Gasteiger partial charge in [-0.15, -0.1) is 0 Å². The average Bonchev–Trinajstić information content (AvgIpc) is 2.46. The number of carbonyl (C=O) groups is 2. The van der Waals surface area contributed by atoms with E-state index in [0.717, 1.165) is 12.8 Å².